The van der Waals surface area contributed by atoms with Crippen LogP contribution >= 0.6 is 0 Å². The van der Waals surface area contributed by atoms with Gasteiger partial charge in [0.15, 0.2) is 0 Å². The number of hydrogen-bond acceptors (Lipinski definition) is 4. The van der Waals surface area contributed by atoms with Gasteiger partial charge in [0, 0.05) is 44.5 Å². The highest BCUT2D eigenvalue weighted by Gasteiger charge is 2.24. The van der Waals surface area contributed by atoms with Gasteiger partial charge in [-0.15, -0.1) is 0 Å². The second-order valence-electron chi connectivity index (χ2n) is 6.00. The molecule has 0 aliphatic carbocycles. The molecule has 0 bridgehead atoms. The van der Waals surface area contributed by atoms with Crippen molar-refractivity contribution < 1.29 is 12.8 Å². The molecule has 0 saturated carbocycles. The first-order chi connectivity index (χ1) is 11.0. The van der Waals surface area contributed by atoms with Crippen LogP contribution in [-0.2, 0) is 23.1 Å². The van der Waals surface area contributed by atoms with Crippen LogP contribution in [0, 0.1) is 0 Å². The molecule has 0 aromatic carbocycles. The summed E-state index contributed by atoms with van der Waals surface area (Å²) in [5.74, 6) is -0.0900. The molecule has 23 heavy (non-hydrogen) atoms. The molecular formula is C15H27FN4O2S. The van der Waals surface area contributed by atoms with Crippen LogP contribution in [-0.4, -0.2) is 66.0 Å². The first kappa shape index (κ1) is 18.4. The number of sulfonamides is 1. The number of halogens is 1. The van der Waals surface area contributed by atoms with Crippen LogP contribution in [0.5, 0.6) is 0 Å². The Bertz CT molecular complexity index is 576. The van der Waals surface area contributed by atoms with Crippen molar-refractivity contribution in [2.24, 2.45) is 0 Å². The zero-order chi connectivity index (χ0) is 16.7. The average Bonchev–Trinajstić information content (AvgIpc) is 2.81. The van der Waals surface area contributed by atoms with E-state index in [1.165, 1.54) is 4.31 Å². The van der Waals surface area contributed by atoms with Gasteiger partial charge >= 0.3 is 0 Å². The molecule has 1 aromatic heterocycles. The highest BCUT2D eigenvalue weighted by atomic mass is 32.2. The molecule has 1 fully saturated rings. The SMILES string of the molecule is CCCn1cc(CN2CCCN(S(=O)(=O)CCCF)CC2)cn1. The summed E-state index contributed by atoms with van der Waals surface area (Å²) < 4.78 is 40.0. The zero-order valence-electron chi connectivity index (χ0n) is 13.8. The standard InChI is InChI=1S/C15H27FN4O2S/c1-2-6-19-14-15(12-17-19)13-18-7-4-8-20(10-9-18)23(21,22)11-3-5-16/h12,14H,2-11,13H2,1H3. The van der Waals surface area contributed by atoms with Crippen molar-refractivity contribution in [3.8, 4) is 0 Å². The minimum absolute atomic E-state index is 0.0825. The fraction of sp³-hybridized carbons (Fsp3) is 0.800. The molecule has 0 unspecified atom stereocenters. The minimum Gasteiger partial charge on any atom is -0.298 e. The summed E-state index contributed by atoms with van der Waals surface area (Å²) in [6.07, 6.45) is 5.88. The highest BCUT2D eigenvalue weighted by molar-refractivity contribution is 7.89. The van der Waals surface area contributed by atoms with E-state index < -0.39 is 16.7 Å². The number of aromatic nitrogens is 2. The molecule has 1 aliphatic rings. The van der Waals surface area contributed by atoms with Crippen molar-refractivity contribution in [2.75, 3.05) is 38.6 Å². The Morgan fingerprint density at radius 3 is 2.83 bits per heavy atom. The molecule has 6 nitrogen and oxygen atoms in total. The summed E-state index contributed by atoms with van der Waals surface area (Å²) >= 11 is 0. The quantitative estimate of drug-likeness (QED) is 0.716. The van der Waals surface area contributed by atoms with Crippen molar-refractivity contribution in [1.82, 2.24) is 19.0 Å². The predicted octanol–water partition coefficient (Wildman–Crippen LogP) is 1.49. The topological polar surface area (TPSA) is 58.4 Å². The smallest absolute Gasteiger partial charge is 0.214 e. The van der Waals surface area contributed by atoms with E-state index >= 15 is 0 Å². The monoisotopic (exact) mass is 346 g/mol. The van der Waals surface area contributed by atoms with Gasteiger partial charge in [0.05, 0.1) is 18.6 Å². The fourth-order valence-corrected chi connectivity index (χ4v) is 4.35. The number of aryl methyl sites for hydroxylation is 1. The van der Waals surface area contributed by atoms with Gasteiger partial charge in [-0.1, -0.05) is 6.92 Å². The molecule has 0 amide bonds. The first-order valence-electron chi connectivity index (χ1n) is 8.32. The Hall–Kier alpha value is -0.990. The summed E-state index contributed by atoms with van der Waals surface area (Å²) in [4.78, 5) is 2.26. The van der Waals surface area contributed by atoms with Crippen LogP contribution in [0.1, 0.15) is 31.7 Å². The Kier molecular flexibility index (Phi) is 6.98. The van der Waals surface area contributed by atoms with Crippen molar-refractivity contribution in [2.45, 2.75) is 39.3 Å². The van der Waals surface area contributed by atoms with Crippen LogP contribution in [0.15, 0.2) is 12.4 Å². The third-order valence-electron chi connectivity index (χ3n) is 4.02. The number of alkyl halides is 1. The van der Waals surface area contributed by atoms with Crippen molar-refractivity contribution >= 4 is 10.0 Å². The molecule has 0 spiro atoms. The Morgan fingerprint density at radius 1 is 1.26 bits per heavy atom. The lowest BCUT2D eigenvalue weighted by atomic mass is 10.3. The third-order valence-corrected chi connectivity index (χ3v) is 5.98. The predicted molar refractivity (Wildman–Crippen MR) is 88.4 cm³/mol. The maximum Gasteiger partial charge on any atom is 0.214 e. The zero-order valence-corrected chi connectivity index (χ0v) is 14.6. The maximum absolute atomic E-state index is 12.2. The van der Waals surface area contributed by atoms with E-state index in [1.807, 2.05) is 10.9 Å². The van der Waals surface area contributed by atoms with Gasteiger partial charge in [-0.25, -0.2) is 12.7 Å². The summed E-state index contributed by atoms with van der Waals surface area (Å²) in [5, 5.41) is 4.33. The lowest BCUT2D eigenvalue weighted by Gasteiger charge is -2.21. The van der Waals surface area contributed by atoms with Gasteiger partial charge < -0.3 is 0 Å². The summed E-state index contributed by atoms with van der Waals surface area (Å²) in [7, 11) is -3.32. The molecular weight excluding hydrogens is 319 g/mol. The van der Waals surface area contributed by atoms with Gasteiger partial charge in [-0.3, -0.25) is 14.0 Å². The lowest BCUT2D eigenvalue weighted by molar-refractivity contribution is 0.278. The van der Waals surface area contributed by atoms with Crippen LogP contribution < -0.4 is 0 Å². The molecule has 2 rings (SSSR count). The Balaban J connectivity index is 1.87. The van der Waals surface area contributed by atoms with E-state index in [0.717, 1.165) is 38.0 Å². The fourth-order valence-electron chi connectivity index (χ4n) is 2.85. The molecule has 8 heteroatoms. The van der Waals surface area contributed by atoms with E-state index in [9.17, 15) is 12.8 Å². The van der Waals surface area contributed by atoms with Crippen LogP contribution in [0.25, 0.3) is 0 Å². The normalized spacial score (nSPS) is 18.2. The second kappa shape index (κ2) is 8.75. The lowest BCUT2D eigenvalue weighted by Crippen LogP contribution is -2.36. The highest BCUT2D eigenvalue weighted by Crippen LogP contribution is 2.12. The van der Waals surface area contributed by atoms with Gasteiger partial charge in [0.1, 0.15) is 0 Å². The van der Waals surface area contributed by atoms with Crippen molar-refractivity contribution in [3.05, 3.63) is 18.0 Å². The largest absolute Gasteiger partial charge is 0.298 e. The Morgan fingerprint density at radius 2 is 2.09 bits per heavy atom. The van der Waals surface area contributed by atoms with E-state index in [0.29, 0.717) is 19.6 Å². The third kappa shape index (κ3) is 5.54. The van der Waals surface area contributed by atoms with E-state index in [1.54, 1.807) is 0 Å². The number of rotatable bonds is 8. The summed E-state index contributed by atoms with van der Waals surface area (Å²) in [5.41, 5.74) is 1.16. The Labute approximate surface area is 138 Å². The van der Waals surface area contributed by atoms with Crippen molar-refractivity contribution in [1.29, 1.82) is 0 Å². The first-order valence-corrected chi connectivity index (χ1v) is 9.93. The minimum atomic E-state index is -3.32. The average molecular weight is 346 g/mol. The molecule has 2 heterocycles. The number of hydrogen-bond donors (Lipinski definition) is 0. The van der Waals surface area contributed by atoms with E-state index in [4.69, 9.17) is 0 Å². The molecule has 132 valence electrons. The van der Waals surface area contributed by atoms with Crippen molar-refractivity contribution in [3.63, 3.8) is 0 Å². The van der Waals surface area contributed by atoms with E-state index in [-0.39, 0.29) is 12.2 Å². The second-order valence-corrected chi connectivity index (χ2v) is 8.09. The van der Waals surface area contributed by atoms with Crippen LogP contribution in [0.4, 0.5) is 4.39 Å². The number of nitrogens with zero attached hydrogens (tertiary/aromatic N) is 4. The molecule has 1 aliphatic heterocycles. The van der Waals surface area contributed by atoms with Crippen LogP contribution in [0.3, 0.4) is 0 Å². The van der Waals surface area contributed by atoms with Gasteiger partial charge in [0.25, 0.3) is 0 Å². The van der Waals surface area contributed by atoms with E-state index in [2.05, 4.69) is 23.1 Å². The maximum atomic E-state index is 12.2. The van der Waals surface area contributed by atoms with Crippen LogP contribution in [0.2, 0.25) is 0 Å². The molecule has 1 saturated heterocycles. The van der Waals surface area contributed by atoms with Gasteiger partial charge in [-0.2, -0.15) is 5.10 Å². The van der Waals surface area contributed by atoms with Gasteiger partial charge in [0.2, 0.25) is 10.0 Å². The summed E-state index contributed by atoms with van der Waals surface area (Å²) in [6, 6.07) is 0. The summed E-state index contributed by atoms with van der Waals surface area (Å²) in [6.45, 7) is 5.83. The molecule has 0 N–H and O–H groups in total. The van der Waals surface area contributed by atoms with Gasteiger partial charge in [-0.05, 0) is 25.8 Å². The molecule has 0 atom stereocenters. The molecule has 1 aromatic rings. The molecule has 0 radical (unpaired) electrons.